The molecule has 28 heavy (non-hydrogen) atoms. The number of anilines is 1. The molecule has 2 N–H and O–H groups in total. The Labute approximate surface area is 183 Å². The zero-order valence-corrected chi connectivity index (χ0v) is 18.5. The van der Waals surface area contributed by atoms with Gasteiger partial charge >= 0.3 is 0 Å². The number of piperazine rings is 1. The van der Waals surface area contributed by atoms with Gasteiger partial charge in [-0.25, -0.2) is 0 Å². The van der Waals surface area contributed by atoms with Gasteiger partial charge in [-0.15, -0.1) is 24.0 Å². The Hall–Kier alpha value is -2.23. The van der Waals surface area contributed by atoms with Crippen LogP contribution in [0.4, 0.5) is 5.69 Å². The molecule has 1 saturated heterocycles. The molecule has 1 aromatic heterocycles. The van der Waals surface area contributed by atoms with Crippen molar-refractivity contribution < 1.29 is 9.21 Å². The quantitative estimate of drug-likeness (QED) is 0.278. The van der Waals surface area contributed by atoms with Crippen LogP contribution < -0.4 is 15.5 Å². The molecule has 1 fully saturated rings. The van der Waals surface area contributed by atoms with Gasteiger partial charge in [0.1, 0.15) is 0 Å². The Morgan fingerprint density at radius 2 is 1.82 bits per heavy atom. The van der Waals surface area contributed by atoms with Crippen molar-refractivity contribution in [3.63, 3.8) is 0 Å². The van der Waals surface area contributed by atoms with E-state index in [2.05, 4.69) is 56.6 Å². The minimum atomic E-state index is -0.211. The highest BCUT2D eigenvalue weighted by Crippen LogP contribution is 2.15. The monoisotopic (exact) mass is 497 g/mol. The van der Waals surface area contributed by atoms with Gasteiger partial charge in [0.2, 0.25) is 0 Å². The first-order valence-electron chi connectivity index (χ1n) is 9.43. The second-order valence-electron chi connectivity index (χ2n) is 6.28. The van der Waals surface area contributed by atoms with Gasteiger partial charge in [0.15, 0.2) is 11.7 Å². The predicted octanol–water partition coefficient (Wildman–Crippen LogP) is 2.42. The van der Waals surface area contributed by atoms with Gasteiger partial charge in [-0.2, -0.15) is 0 Å². The standard InChI is InChI=1S/C20H27N5O2.HI/c1-2-21-20(23-11-10-22-19(26)18-9-6-16-27-18)25-14-12-24(13-15-25)17-7-4-3-5-8-17;/h3-9,16H,2,10-15H2,1H3,(H,21,23)(H,22,26);1H. The van der Waals surface area contributed by atoms with Crippen LogP contribution in [-0.2, 0) is 0 Å². The zero-order valence-electron chi connectivity index (χ0n) is 16.1. The summed E-state index contributed by atoms with van der Waals surface area (Å²) < 4.78 is 5.08. The van der Waals surface area contributed by atoms with Crippen LogP contribution in [0.2, 0.25) is 0 Å². The third kappa shape index (κ3) is 6.15. The average Bonchev–Trinajstić information content (AvgIpc) is 3.26. The third-order valence-corrected chi connectivity index (χ3v) is 4.44. The molecule has 2 aromatic rings. The van der Waals surface area contributed by atoms with Crippen molar-refractivity contribution in [1.82, 2.24) is 15.5 Å². The number of aliphatic imine (C=N–C) groups is 1. The van der Waals surface area contributed by atoms with Crippen molar-refractivity contribution >= 4 is 41.5 Å². The number of rotatable bonds is 6. The summed E-state index contributed by atoms with van der Waals surface area (Å²) in [4.78, 5) is 21.2. The molecule has 0 atom stereocenters. The van der Waals surface area contributed by atoms with E-state index >= 15 is 0 Å². The topological polar surface area (TPSA) is 73.1 Å². The highest BCUT2D eigenvalue weighted by Gasteiger charge is 2.19. The smallest absolute Gasteiger partial charge is 0.287 e. The minimum Gasteiger partial charge on any atom is -0.459 e. The Morgan fingerprint density at radius 1 is 1.07 bits per heavy atom. The lowest BCUT2D eigenvalue weighted by molar-refractivity contribution is 0.0927. The summed E-state index contributed by atoms with van der Waals surface area (Å²) in [7, 11) is 0. The number of halogens is 1. The Morgan fingerprint density at radius 3 is 2.46 bits per heavy atom. The maximum absolute atomic E-state index is 11.9. The van der Waals surface area contributed by atoms with Crippen molar-refractivity contribution in [1.29, 1.82) is 0 Å². The lowest BCUT2D eigenvalue weighted by atomic mass is 10.2. The fourth-order valence-corrected chi connectivity index (χ4v) is 3.07. The minimum absolute atomic E-state index is 0. The van der Waals surface area contributed by atoms with Crippen molar-refractivity contribution in [3.05, 3.63) is 54.5 Å². The molecule has 0 spiro atoms. The Balaban J connectivity index is 0.00000280. The molecule has 1 aliphatic heterocycles. The number of nitrogens with zero attached hydrogens (tertiary/aromatic N) is 3. The number of amides is 1. The van der Waals surface area contributed by atoms with Gasteiger partial charge in [-0.1, -0.05) is 18.2 Å². The summed E-state index contributed by atoms with van der Waals surface area (Å²) in [5, 5.41) is 6.17. The first-order chi connectivity index (χ1) is 13.3. The van der Waals surface area contributed by atoms with E-state index in [1.54, 1.807) is 12.1 Å². The zero-order chi connectivity index (χ0) is 18.9. The number of hydrogen-bond acceptors (Lipinski definition) is 4. The fourth-order valence-electron chi connectivity index (χ4n) is 3.07. The number of guanidine groups is 1. The van der Waals surface area contributed by atoms with Gasteiger partial charge in [0, 0.05) is 45.0 Å². The van der Waals surface area contributed by atoms with E-state index in [9.17, 15) is 4.79 Å². The van der Waals surface area contributed by atoms with Crippen LogP contribution in [0.3, 0.4) is 0 Å². The lowest BCUT2D eigenvalue weighted by Crippen LogP contribution is -2.52. The van der Waals surface area contributed by atoms with Crippen LogP contribution in [0.15, 0.2) is 58.1 Å². The van der Waals surface area contributed by atoms with Crippen LogP contribution in [0.25, 0.3) is 0 Å². The van der Waals surface area contributed by atoms with Gasteiger partial charge in [0.25, 0.3) is 5.91 Å². The van der Waals surface area contributed by atoms with E-state index in [0.29, 0.717) is 18.8 Å². The van der Waals surface area contributed by atoms with E-state index in [0.717, 1.165) is 38.7 Å². The Bertz CT molecular complexity index is 728. The number of nitrogens with one attached hydrogen (secondary N) is 2. The molecule has 0 saturated carbocycles. The second-order valence-corrected chi connectivity index (χ2v) is 6.28. The Kier molecular flexibility index (Phi) is 9.12. The molecule has 3 rings (SSSR count). The van der Waals surface area contributed by atoms with Gasteiger partial charge in [-0.3, -0.25) is 9.79 Å². The third-order valence-electron chi connectivity index (χ3n) is 4.44. The molecule has 0 bridgehead atoms. The van der Waals surface area contributed by atoms with E-state index in [1.165, 1.54) is 12.0 Å². The predicted molar refractivity (Wildman–Crippen MR) is 123 cm³/mol. The molecular weight excluding hydrogens is 469 g/mol. The van der Waals surface area contributed by atoms with Crippen LogP contribution in [0, 0.1) is 0 Å². The molecule has 0 unspecified atom stereocenters. The normalized spacial score (nSPS) is 14.4. The van der Waals surface area contributed by atoms with Crippen molar-refractivity contribution in [2.75, 3.05) is 50.7 Å². The molecule has 7 nitrogen and oxygen atoms in total. The number of benzene rings is 1. The molecular formula is C20H28IN5O2. The van der Waals surface area contributed by atoms with Crippen LogP contribution in [0.5, 0.6) is 0 Å². The largest absolute Gasteiger partial charge is 0.459 e. The number of para-hydroxylation sites is 1. The van der Waals surface area contributed by atoms with Gasteiger partial charge < -0.3 is 24.9 Å². The molecule has 8 heteroatoms. The maximum atomic E-state index is 11.9. The van der Waals surface area contributed by atoms with Crippen molar-refractivity contribution in [2.24, 2.45) is 4.99 Å². The van der Waals surface area contributed by atoms with Crippen LogP contribution >= 0.6 is 24.0 Å². The number of furan rings is 1. The molecule has 0 radical (unpaired) electrons. The fraction of sp³-hybridized carbons (Fsp3) is 0.400. The summed E-state index contributed by atoms with van der Waals surface area (Å²) in [5.74, 6) is 1.01. The molecule has 152 valence electrons. The van der Waals surface area contributed by atoms with Gasteiger partial charge in [0.05, 0.1) is 12.8 Å². The average molecular weight is 497 g/mol. The van der Waals surface area contributed by atoms with Crippen LogP contribution in [0.1, 0.15) is 17.5 Å². The van der Waals surface area contributed by atoms with E-state index in [1.807, 2.05) is 6.07 Å². The number of carbonyl (C=O) groups excluding carboxylic acids is 1. The summed E-state index contributed by atoms with van der Waals surface area (Å²) in [6, 6.07) is 13.8. The summed E-state index contributed by atoms with van der Waals surface area (Å²) >= 11 is 0. The first-order valence-corrected chi connectivity index (χ1v) is 9.43. The second kappa shape index (κ2) is 11.6. The molecule has 0 aliphatic carbocycles. The SMILES string of the molecule is CCNC(=NCCNC(=O)c1ccco1)N1CCN(c2ccccc2)CC1.I. The van der Waals surface area contributed by atoms with E-state index in [-0.39, 0.29) is 29.9 Å². The van der Waals surface area contributed by atoms with Crippen molar-refractivity contribution in [2.45, 2.75) is 6.92 Å². The molecule has 1 aromatic carbocycles. The van der Waals surface area contributed by atoms with Crippen molar-refractivity contribution in [3.8, 4) is 0 Å². The maximum Gasteiger partial charge on any atom is 0.287 e. The number of carbonyl (C=O) groups is 1. The van der Waals surface area contributed by atoms with E-state index in [4.69, 9.17) is 4.42 Å². The molecule has 2 heterocycles. The highest BCUT2D eigenvalue weighted by atomic mass is 127. The summed E-state index contributed by atoms with van der Waals surface area (Å²) in [5.41, 5.74) is 1.26. The first kappa shape index (κ1) is 22.1. The molecule has 1 aliphatic rings. The number of hydrogen-bond donors (Lipinski definition) is 2. The lowest BCUT2D eigenvalue weighted by Gasteiger charge is -2.37. The highest BCUT2D eigenvalue weighted by molar-refractivity contribution is 14.0. The molecule has 1 amide bonds. The summed E-state index contributed by atoms with van der Waals surface area (Å²) in [6.45, 7) is 7.63. The van der Waals surface area contributed by atoms with Crippen LogP contribution in [-0.4, -0.2) is 62.6 Å². The summed E-state index contributed by atoms with van der Waals surface area (Å²) in [6.07, 6.45) is 1.49. The van der Waals surface area contributed by atoms with E-state index < -0.39 is 0 Å². The van der Waals surface area contributed by atoms with Gasteiger partial charge in [-0.05, 0) is 31.2 Å².